The molecule has 5 heteroatoms. The van der Waals surface area contributed by atoms with Gasteiger partial charge in [0.25, 0.3) is 8.32 Å². The third-order valence-electron chi connectivity index (χ3n) is 5.38. The highest BCUT2D eigenvalue weighted by atomic mass is 28.4. The molecule has 0 radical (unpaired) electrons. The van der Waals surface area contributed by atoms with Crippen LogP contribution in [-0.2, 0) is 29.7 Å². The number of oxime groups is 1. The number of rotatable bonds is 9. The van der Waals surface area contributed by atoms with Gasteiger partial charge in [-0.2, -0.15) is 0 Å². The van der Waals surface area contributed by atoms with E-state index in [1.54, 1.807) is 12.4 Å². The van der Waals surface area contributed by atoms with Crippen molar-refractivity contribution in [1.29, 1.82) is 0 Å². The van der Waals surface area contributed by atoms with Crippen LogP contribution in [-0.4, -0.2) is 24.1 Å². The van der Waals surface area contributed by atoms with Gasteiger partial charge in [0.05, 0.1) is 0 Å². The van der Waals surface area contributed by atoms with E-state index in [1.165, 1.54) is 16.7 Å². The summed E-state index contributed by atoms with van der Waals surface area (Å²) >= 11 is 0. The molecule has 31 heavy (non-hydrogen) atoms. The fourth-order valence-corrected chi connectivity index (χ4v) is 7.66. The molecule has 0 aliphatic rings. The van der Waals surface area contributed by atoms with E-state index in [-0.39, 0.29) is 0 Å². The molecular formula is C26H27N3OSi. The second-order valence-corrected chi connectivity index (χ2v) is 11.5. The fraction of sp³-hybridized carbons (Fsp3) is 0.154. The van der Waals surface area contributed by atoms with Crippen molar-refractivity contribution in [2.45, 2.75) is 18.1 Å². The Morgan fingerprint density at radius 2 is 1.23 bits per heavy atom. The maximum Gasteiger partial charge on any atom is 0.300 e. The molecule has 0 amide bonds. The molecule has 0 saturated carbocycles. The molecule has 0 aliphatic carbocycles. The normalized spacial score (nSPS) is 11.6. The predicted octanol–water partition coefficient (Wildman–Crippen LogP) is 5.06. The minimum absolute atomic E-state index is 0.780. The van der Waals surface area contributed by atoms with Crippen molar-refractivity contribution in [2.75, 3.05) is 0 Å². The number of aryl methyl sites for hydroxylation is 1. The lowest BCUT2D eigenvalue weighted by molar-refractivity contribution is 0.319. The summed E-state index contributed by atoms with van der Waals surface area (Å²) < 4.78 is 8.46. The first-order valence-electron chi connectivity index (χ1n) is 10.5. The summed E-state index contributed by atoms with van der Waals surface area (Å²) in [6, 6.07) is 34.5. The Hall–Kier alpha value is -3.44. The standard InChI is InChI=1S/C26H27N3OSi/c1-29-18-17-27-26(29)19-28-30-31(20-23-11-5-2-6-12-23,21-24-13-7-3-8-14-24)22-25-15-9-4-10-16-25/h2-19H,20-22H2,1H3/b28-19+. The molecule has 1 aromatic heterocycles. The number of hydrogen-bond donors (Lipinski definition) is 0. The average Bonchev–Trinajstić information content (AvgIpc) is 3.20. The number of aromatic nitrogens is 2. The van der Waals surface area contributed by atoms with Crippen LogP contribution in [0, 0.1) is 0 Å². The van der Waals surface area contributed by atoms with E-state index in [0.717, 1.165) is 24.0 Å². The zero-order valence-electron chi connectivity index (χ0n) is 17.8. The van der Waals surface area contributed by atoms with Crippen molar-refractivity contribution in [3.05, 3.63) is 126 Å². The molecule has 0 unspecified atom stereocenters. The van der Waals surface area contributed by atoms with Gasteiger partial charge in [-0.05, 0) is 16.7 Å². The lowest BCUT2D eigenvalue weighted by Gasteiger charge is -2.29. The lowest BCUT2D eigenvalue weighted by Crippen LogP contribution is -2.46. The first kappa shape index (κ1) is 20.8. The topological polar surface area (TPSA) is 39.4 Å². The zero-order valence-corrected chi connectivity index (χ0v) is 18.8. The minimum atomic E-state index is -2.40. The quantitative estimate of drug-likeness (QED) is 0.214. The fourth-order valence-electron chi connectivity index (χ4n) is 3.87. The Labute approximate surface area is 185 Å². The number of benzene rings is 3. The highest BCUT2D eigenvalue weighted by Crippen LogP contribution is 2.24. The van der Waals surface area contributed by atoms with Crippen LogP contribution in [0.15, 0.2) is 109 Å². The van der Waals surface area contributed by atoms with Gasteiger partial charge in [0.2, 0.25) is 0 Å². The summed E-state index contributed by atoms with van der Waals surface area (Å²) in [6.45, 7) is 0. The maximum atomic E-state index is 6.52. The molecule has 3 aromatic carbocycles. The number of nitrogens with zero attached hydrogens (tertiary/aromatic N) is 3. The second-order valence-electron chi connectivity index (χ2n) is 7.89. The van der Waals surface area contributed by atoms with Crippen LogP contribution in [0.4, 0.5) is 0 Å². The first-order chi connectivity index (χ1) is 15.2. The van der Waals surface area contributed by atoms with Gasteiger partial charge in [-0.3, -0.25) is 0 Å². The summed E-state index contributed by atoms with van der Waals surface area (Å²) in [5.41, 5.74) is 3.86. The van der Waals surface area contributed by atoms with Crippen molar-refractivity contribution in [3.8, 4) is 0 Å². The van der Waals surface area contributed by atoms with Crippen LogP contribution in [0.25, 0.3) is 0 Å². The van der Waals surface area contributed by atoms with Gasteiger partial charge in [-0.15, -0.1) is 5.16 Å². The smallest absolute Gasteiger partial charge is 0.300 e. The van der Waals surface area contributed by atoms with Crippen LogP contribution in [0.2, 0.25) is 0 Å². The molecule has 0 atom stereocenters. The molecule has 156 valence electrons. The first-order valence-corrected chi connectivity index (χ1v) is 13.1. The molecule has 4 rings (SSSR count). The summed E-state index contributed by atoms with van der Waals surface area (Å²) in [5.74, 6) is 0.780. The van der Waals surface area contributed by atoms with Gasteiger partial charge in [0, 0.05) is 37.6 Å². The Kier molecular flexibility index (Phi) is 6.74. The maximum absolute atomic E-state index is 6.52. The van der Waals surface area contributed by atoms with Gasteiger partial charge < -0.3 is 9.09 Å². The summed E-state index contributed by atoms with van der Waals surface area (Å²) in [4.78, 5) is 4.34. The summed E-state index contributed by atoms with van der Waals surface area (Å²) in [6.07, 6.45) is 5.40. The SMILES string of the molecule is Cn1ccnc1/C=N/O[Si](Cc1ccccc1)(Cc1ccccc1)Cc1ccccc1. The molecule has 0 N–H and O–H groups in total. The third kappa shape index (κ3) is 5.80. The van der Waals surface area contributed by atoms with Crippen molar-refractivity contribution >= 4 is 14.5 Å². The van der Waals surface area contributed by atoms with Crippen molar-refractivity contribution in [1.82, 2.24) is 9.55 Å². The molecule has 1 heterocycles. The highest BCUT2D eigenvalue weighted by molar-refractivity contribution is 6.72. The Morgan fingerprint density at radius 1 is 0.774 bits per heavy atom. The van der Waals surface area contributed by atoms with Gasteiger partial charge in [0.1, 0.15) is 6.21 Å². The minimum Gasteiger partial charge on any atom is -0.454 e. The number of imidazole rings is 1. The largest absolute Gasteiger partial charge is 0.454 e. The molecule has 0 spiro atoms. The van der Waals surface area contributed by atoms with Crippen LogP contribution in [0.1, 0.15) is 22.5 Å². The van der Waals surface area contributed by atoms with E-state index in [4.69, 9.17) is 4.53 Å². The lowest BCUT2D eigenvalue weighted by atomic mass is 10.2. The van der Waals surface area contributed by atoms with Gasteiger partial charge in [-0.25, -0.2) is 4.98 Å². The monoisotopic (exact) mass is 425 g/mol. The summed E-state index contributed by atoms with van der Waals surface area (Å²) in [7, 11) is -0.449. The van der Waals surface area contributed by atoms with Crippen LogP contribution >= 0.6 is 0 Å². The van der Waals surface area contributed by atoms with E-state index in [1.807, 2.05) is 17.8 Å². The van der Waals surface area contributed by atoms with E-state index in [9.17, 15) is 0 Å². The molecular weight excluding hydrogens is 398 g/mol. The molecule has 0 saturated heterocycles. The third-order valence-corrected chi connectivity index (χ3v) is 9.03. The number of hydrogen-bond acceptors (Lipinski definition) is 3. The van der Waals surface area contributed by atoms with E-state index in [2.05, 4.69) is 101 Å². The average molecular weight is 426 g/mol. The van der Waals surface area contributed by atoms with Gasteiger partial charge >= 0.3 is 0 Å². The second kappa shape index (κ2) is 10.0. The zero-order chi connectivity index (χ0) is 21.4. The molecule has 0 bridgehead atoms. The highest BCUT2D eigenvalue weighted by Gasteiger charge is 2.39. The van der Waals surface area contributed by atoms with Gasteiger partial charge in [0.15, 0.2) is 5.82 Å². The predicted molar refractivity (Wildman–Crippen MR) is 128 cm³/mol. The van der Waals surface area contributed by atoms with Crippen molar-refractivity contribution in [3.63, 3.8) is 0 Å². The Bertz CT molecular complexity index is 994. The molecule has 4 nitrogen and oxygen atoms in total. The van der Waals surface area contributed by atoms with Crippen LogP contribution < -0.4 is 0 Å². The van der Waals surface area contributed by atoms with Crippen molar-refractivity contribution < 1.29 is 4.53 Å². The van der Waals surface area contributed by atoms with Gasteiger partial charge in [-0.1, -0.05) is 91.0 Å². The van der Waals surface area contributed by atoms with Crippen LogP contribution in [0.3, 0.4) is 0 Å². The Morgan fingerprint density at radius 3 is 1.61 bits per heavy atom. The summed E-state index contributed by atoms with van der Waals surface area (Å²) in [5, 5.41) is 4.49. The van der Waals surface area contributed by atoms with Crippen LogP contribution in [0.5, 0.6) is 0 Å². The van der Waals surface area contributed by atoms with E-state index >= 15 is 0 Å². The van der Waals surface area contributed by atoms with Crippen molar-refractivity contribution in [2.24, 2.45) is 12.2 Å². The van der Waals surface area contributed by atoms with E-state index < -0.39 is 8.32 Å². The molecule has 0 fully saturated rings. The molecule has 4 aromatic rings. The van der Waals surface area contributed by atoms with E-state index in [0.29, 0.717) is 0 Å². The Balaban J connectivity index is 1.70. The molecule has 0 aliphatic heterocycles.